The second-order valence-electron chi connectivity index (χ2n) is 9.89. The third-order valence-electron chi connectivity index (χ3n) is 6.98. The minimum atomic E-state index is -4.45. The van der Waals surface area contributed by atoms with E-state index in [4.69, 9.17) is 0 Å². The van der Waals surface area contributed by atoms with Gasteiger partial charge < -0.3 is 0 Å². The first-order chi connectivity index (χ1) is 17.3. The van der Waals surface area contributed by atoms with Crippen LogP contribution >= 0.6 is 0 Å². The van der Waals surface area contributed by atoms with Crippen LogP contribution in [0, 0.1) is 19.7 Å². The summed E-state index contributed by atoms with van der Waals surface area (Å²) < 4.78 is 83.3. The number of aryl methyl sites for hydroxylation is 2. The molecule has 1 amide bonds. The van der Waals surface area contributed by atoms with Crippen molar-refractivity contribution in [2.75, 3.05) is 13.1 Å². The SMILES string of the molecule is Cc1ccc(C(F)(F)F)c(CN2CC[C@@H](n3nc(C)c4cc(C(=O)NS(=O)(=O)C5CC5)c(F)cc43)C2)c1. The fraction of sp³-hybridized carbons (Fsp3) is 0.440. The third-order valence-corrected chi connectivity index (χ3v) is 8.79. The maximum Gasteiger partial charge on any atom is 0.416 e. The van der Waals surface area contributed by atoms with Gasteiger partial charge in [0, 0.05) is 31.1 Å². The van der Waals surface area contributed by atoms with Crippen molar-refractivity contribution in [2.24, 2.45) is 0 Å². The number of alkyl halides is 3. The number of fused-ring (bicyclic) bond motifs is 1. The highest BCUT2D eigenvalue weighted by atomic mass is 32.2. The molecule has 1 saturated heterocycles. The molecular formula is C25H26F4N4O3S. The molecule has 2 fully saturated rings. The van der Waals surface area contributed by atoms with E-state index in [1.165, 1.54) is 18.2 Å². The molecule has 1 saturated carbocycles. The molecule has 3 aromatic rings. The molecule has 5 rings (SSSR count). The van der Waals surface area contributed by atoms with Crippen LogP contribution in [0.2, 0.25) is 0 Å². The number of aromatic nitrogens is 2. The molecule has 1 aromatic heterocycles. The van der Waals surface area contributed by atoms with Crippen LogP contribution in [0.25, 0.3) is 10.9 Å². The van der Waals surface area contributed by atoms with E-state index in [9.17, 15) is 30.8 Å². The van der Waals surface area contributed by atoms with Crippen molar-refractivity contribution in [1.29, 1.82) is 0 Å². The first-order valence-corrected chi connectivity index (χ1v) is 13.5. The Labute approximate surface area is 211 Å². The molecule has 0 radical (unpaired) electrons. The average Bonchev–Trinajstić information content (AvgIpc) is 3.49. The van der Waals surface area contributed by atoms with E-state index in [2.05, 4.69) is 5.10 Å². The zero-order valence-corrected chi connectivity index (χ0v) is 21.1. The number of nitrogens with one attached hydrogen (secondary N) is 1. The van der Waals surface area contributed by atoms with Crippen LogP contribution in [0.5, 0.6) is 0 Å². The lowest BCUT2D eigenvalue weighted by molar-refractivity contribution is -0.138. The zero-order chi connectivity index (χ0) is 26.7. The number of nitrogens with zero attached hydrogens (tertiary/aromatic N) is 3. The molecular weight excluding hydrogens is 512 g/mol. The lowest BCUT2D eigenvalue weighted by Crippen LogP contribution is -2.33. The maximum absolute atomic E-state index is 15.0. The number of carbonyl (C=O) groups is 1. The van der Waals surface area contributed by atoms with Gasteiger partial charge in [0.1, 0.15) is 5.82 Å². The number of likely N-dealkylation sites (tertiary alicyclic amines) is 1. The Balaban J connectivity index is 1.38. The summed E-state index contributed by atoms with van der Waals surface area (Å²) in [6, 6.07) is 6.37. The fourth-order valence-corrected chi connectivity index (χ4v) is 6.23. The molecule has 0 unspecified atom stereocenters. The van der Waals surface area contributed by atoms with Gasteiger partial charge in [-0.15, -0.1) is 0 Å². The van der Waals surface area contributed by atoms with Crippen LogP contribution < -0.4 is 4.72 Å². The summed E-state index contributed by atoms with van der Waals surface area (Å²) in [5.74, 6) is -1.90. The van der Waals surface area contributed by atoms with E-state index in [-0.39, 0.29) is 23.7 Å². The van der Waals surface area contributed by atoms with Gasteiger partial charge in [0.05, 0.1) is 33.6 Å². The summed E-state index contributed by atoms with van der Waals surface area (Å²) in [7, 11) is -3.83. The van der Waals surface area contributed by atoms with Crippen molar-refractivity contribution in [3.05, 3.63) is 64.1 Å². The van der Waals surface area contributed by atoms with Crippen LogP contribution in [-0.2, 0) is 22.7 Å². The largest absolute Gasteiger partial charge is 0.416 e. The second-order valence-corrected chi connectivity index (χ2v) is 11.9. The van der Waals surface area contributed by atoms with Crippen LogP contribution in [-0.4, -0.2) is 47.3 Å². The molecule has 7 nitrogen and oxygen atoms in total. The minimum Gasteiger partial charge on any atom is -0.297 e. The number of amides is 1. The molecule has 1 aliphatic carbocycles. The standard InChI is InChI=1S/C25H26F4N4O3S/c1-14-3-6-21(25(27,28)29)16(9-14)12-32-8-7-17(13-32)33-23-11-22(26)20(10-19(23)15(2)30-33)24(34)31-37(35,36)18-4-5-18/h3,6,9-11,17-18H,4-5,7-8,12-13H2,1-2H3,(H,31,34)/t17-/m1/s1. The Kier molecular flexibility index (Phi) is 6.30. The number of rotatable bonds is 6. The molecule has 37 heavy (non-hydrogen) atoms. The van der Waals surface area contributed by atoms with Gasteiger partial charge >= 0.3 is 6.18 Å². The van der Waals surface area contributed by atoms with Gasteiger partial charge in [0.2, 0.25) is 10.0 Å². The molecule has 0 spiro atoms. The van der Waals surface area contributed by atoms with Gasteiger partial charge in [0.15, 0.2) is 0 Å². The summed E-state index contributed by atoms with van der Waals surface area (Å²) in [5.41, 5.74) is 0.885. The van der Waals surface area contributed by atoms with Crippen molar-refractivity contribution in [3.63, 3.8) is 0 Å². The summed E-state index contributed by atoms with van der Waals surface area (Å²) >= 11 is 0. The Bertz CT molecular complexity index is 1500. The van der Waals surface area contributed by atoms with Crippen LogP contribution in [0.15, 0.2) is 30.3 Å². The highest BCUT2D eigenvalue weighted by Gasteiger charge is 2.38. The van der Waals surface area contributed by atoms with Gasteiger partial charge in [-0.2, -0.15) is 18.3 Å². The Hall–Kier alpha value is -2.99. The Morgan fingerprint density at radius 1 is 1.14 bits per heavy atom. The summed E-state index contributed by atoms with van der Waals surface area (Å²) in [6.07, 6.45) is -2.91. The second kappa shape index (κ2) is 9.09. The molecule has 12 heteroatoms. The molecule has 1 N–H and O–H groups in total. The molecule has 1 aliphatic heterocycles. The van der Waals surface area contributed by atoms with Crippen LogP contribution in [0.4, 0.5) is 17.6 Å². The maximum atomic E-state index is 15.0. The Morgan fingerprint density at radius 3 is 2.54 bits per heavy atom. The minimum absolute atomic E-state index is 0.124. The van der Waals surface area contributed by atoms with Gasteiger partial charge in [-0.05, 0) is 50.8 Å². The predicted octanol–water partition coefficient (Wildman–Crippen LogP) is 4.48. The number of sulfonamides is 1. The molecule has 2 heterocycles. The lowest BCUT2D eigenvalue weighted by atomic mass is 10.0. The highest BCUT2D eigenvalue weighted by molar-refractivity contribution is 7.91. The molecule has 0 bridgehead atoms. The number of carbonyl (C=O) groups excluding carboxylic acids is 1. The normalized spacial score (nSPS) is 19.0. The summed E-state index contributed by atoms with van der Waals surface area (Å²) in [5, 5.41) is 4.42. The van der Waals surface area contributed by atoms with E-state index in [0.29, 0.717) is 48.9 Å². The van der Waals surface area contributed by atoms with E-state index >= 15 is 0 Å². The van der Waals surface area contributed by atoms with E-state index in [1.54, 1.807) is 24.6 Å². The number of halogens is 4. The number of hydrogen-bond acceptors (Lipinski definition) is 5. The Morgan fingerprint density at radius 2 is 1.86 bits per heavy atom. The van der Waals surface area contributed by atoms with Gasteiger partial charge in [-0.3, -0.25) is 14.4 Å². The number of benzene rings is 2. The summed E-state index contributed by atoms with van der Waals surface area (Å²) in [6.45, 7) is 4.54. The topological polar surface area (TPSA) is 84.3 Å². The third kappa shape index (κ3) is 5.08. The zero-order valence-electron chi connectivity index (χ0n) is 20.3. The van der Waals surface area contributed by atoms with Crippen molar-refractivity contribution < 1.29 is 30.8 Å². The van der Waals surface area contributed by atoms with E-state index < -0.39 is 38.7 Å². The van der Waals surface area contributed by atoms with E-state index in [1.807, 2.05) is 9.62 Å². The molecule has 198 valence electrons. The predicted molar refractivity (Wildman–Crippen MR) is 129 cm³/mol. The first-order valence-electron chi connectivity index (χ1n) is 12.0. The molecule has 2 aromatic carbocycles. The first kappa shape index (κ1) is 25.7. The van der Waals surface area contributed by atoms with Crippen molar-refractivity contribution in [3.8, 4) is 0 Å². The van der Waals surface area contributed by atoms with Crippen LogP contribution in [0.1, 0.15) is 58.0 Å². The summed E-state index contributed by atoms with van der Waals surface area (Å²) in [4.78, 5) is 14.4. The van der Waals surface area contributed by atoms with Gasteiger partial charge in [-0.1, -0.05) is 17.7 Å². The van der Waals surface area contributed by atoms with Gasteiger partial charge in [-0.25, -0.2) is 17.5 Å². The monoisotopic (exact) mass is 538 g/mol. The van der Waals surface area contributed by atoms with E-state index in [0.717, 1.165) is 11.6 Å². The van der Waals surface area contributed by atoms with Gasteiger partial charge in [0.25, 0.3) is 5.91 Å². The van der Waals surface area contributed by atoms with Crippen molar-refractivity contribution >= 4 is 26.8 Å². The van der Waals surface area contributed by atoms with Crippen molar-refractivity contribution in [1.82, 2.24) is 19.4 Å². The molecule has 2 aliphatic rings. The van der Waals surface area contributed by atoms with Crippen LogP contribution in [0.3, 0.4) is 0 Å². The smallest absolute Gasteiger partial charge is 0.297 e. The molecule has 1 atom stereocenters. The fourth-order valence-electron chi connectivity index (χ4n) is 4.94. The number of hydrogen-bond donors (Lipinski definition) is 1. The quantitative estimate of drug-likeness (QED) is 0.468. The van der Waals surface area contributed by atoms with Crippen molar-refractivity contribution in [2.45, 2.75) is 57.1 Å². The average molecular weight is 539 g/mol. The lowest BCUT2D eigenvalue weighted by Gasteiger charge is -2.20. The highest BCUT2D eigenvalue weighted by Crippen LogP contribution is 2.35.